The summed E-state index contributed by atoms with van der Waals surface area (Å²) in [6.45, 7) is 9.23. The van der Waals surface area contributed by atoms with Gasteiger partial charge in [0.25, 0.3) is 0 Å². The van der Waals surface area contributed by atoms with E-state index in [0.29, 0.717) is 0 Å². The van der Waals surface area contributed by atoms with E-state index >= 15 is 4.79 Å². The molecule has 15 rings (SSSR count). The molecule has 0 saturated heterocycles. The summed E-state index contributed by atoms with van der Waals surface area (Å²) in [6, 6.07) is 70.9. The molecule has 0 atom stereocenters. The fourth-order valence-corrected chi connectivity index (χ4v) is 13.0. The van der Waals surface area contributed by atoms with Crippen LogP contribution in [0.4, 0.5) is 0 Å². The molecule has 0 unspecified atom stereocenters. The summed E-state index contributed by atoms with van der Waals surface area (Å²) in [4.78, 5) is 15.9. The van der Waals surface area contributed by atoms with Crippen molar-refractivity contribution in [1.29, 1.82) is 0 Å². The van der Waals surface area contributed by atoms with E-state index in [2.05, 4.69) is 215 Å². The Kier molecular flexibility index (Phi) is 7.11. The Hall–Kier alpha value is -8.39. The Labute approximate surface area is 387 Å². The van der Waals surface area contributed by atoms with E-state index in [9.17, 15) is 0 Å². The minimum Gasteiger partial charge on any atom is -0.289 e. The van der Waals surface area contributed by atoms with Crippen molar-refractivity contribution < 1.29 is 0 Å². The molecule has 0 spiro atoms. The first-order valence-electron chi connectivity index (χ1n) is 23.4. The van der Waals surface area contributed by atoms with Crippen molar-refractivity contribution in [3.63, 3.8) is 0 Å². The van der Waals surface area contributed by atoms with Gasteiger partial charge in [-0.2, -0.15) is 0 Å². The Balaban J connectivity index is 1.09. The van der Waals surface area contributed by atoms with Crippen molar-refractivity contribution in [2.45, 2.75) is 19.3 Å². The second-order valence-electron chi connectivity index (χ2n) is 19.4. The van der Waals surface area contributed by atoms with Crippen molar-refractivity contribution in [2.24, 2.45) is 0 Å². The summed E-state index contributed by atoms with van der Waals surface area (Å²) < 4.78 is 0. The van der Waals surface area contributed by atoms with Gasteiger partial charge in [0.2, 0.25) is 0 Å². The smallest absolute Gasteiger partial charge is 0.195 e. The first kappa shape index (κ1) is 36.9. The quantitative estimate of drug-likeness (QED) is 0.172. The van der Waals surface area contributed by atoms with Crippen LogP contribution in [0.25, 0.3) is 137 Å². The van der Waals surface area contributed by atoms with Gasteiger partial charge in [0.1, 0.15) is 0 Å². The zero-order valence-corrected chi connectivity index (χ0v) is 37.1. The van der Waals surface area contributed by atoms with Crippen LogP contribution in [0.15, 0.2) is 205 Å². The zero-order valence-electron chi connectivity index (χ0n) is 37.1. The van der Waals surface area contributed by atoms with Gasteiger partial charge >= 0.3 is 0 Å². The molecule has 0 radical (unpaired) electrons. The van der Waals surface area contributed by atoms with Crippen LogP contribution in [0, 0.1) is 0 Å². The predicted molar refractivity (Wildman–Crippen MR) is 283 cm³/mol. The zero-order chi connectivity index (χ0) is 44.4. The van der Waals surface area contributed by atoms with Gasteiger partial charge in [-0.15, -0.1) is 0 Å². The third kappa shape index (κ3) is 4.61. The van der Waals surface area contributed by atoms with Crippen LogP contribution < -0.4 is 5.43 Å². The van der Waals surface area contributed by atoms with Crippen LogP contribution in [-0.2, 0) is 5.41 Å². The molecule has 4 aliphatic rings. The van der Waals surface area contributed by atoms with Crippen LogP contribution in [-0.4, -0.2) is 0 Å². The van der Waals surface area contributed by atoms with Crippen molar-refractivity contribution in [3.8, 4) is 77.9 Å². The molecule has 11 aromatic rings. The van der Waals surface area contributed by atoms with Crippen LogP contribution in [0.1, 0.15) is 36.1 Å². The second-order valence-corrected chi connectivity index (χ2v) is 19.4. The summed E-state index contributed by atoms with van der Waals surface area (Å²) in [6.07, 6.45) is 0. The molecule has 1 heteroatoms. The molecule has 310 valence electrons. The van der Waals surface area contributed by atoms with E-state index in [1.807, 2.05) is 0 Å². The first-order chi connectivity index (χ1) is 32.9. The third-order valence-corrected chi connectivity index (χ3v) is 15.8. The topological polar surface area (TPSA) is 17.1 Å². The molecular weight excluding hydrogens is 809 g/mol. The fourth-order valence-electron chi connectivity index (χ4n) is 13.0. The molecule has 0 N–H and O–H groups in total. The number of hydrogen-bond acceptors (Lipinski definition) is 1. The Bertz CT molecular complexity index is 4210. The van der Waals surface area contributed by atoms with Gasteiger partial charge < -0.3 is 0 Å². The normalized spacial score (nSPS) is 13.7. The van der Waals surface area contributed by atoms with E-state index in [1.165, 1.54) is 98.7 Å². The van der Waals surface area contributed by atoms with Gasteiger partial charge in [-0.05, 0) is 149 Å². The Morgan fingerprint density at radius 2 is 0.761 bits per heavy atom. The van der Waals surface area contributed by atoms with Crippen molar-refractivity contribution in [1.82, 2.24) is 0 Å². The van der Waals surface area contributed by atoms with Gasteiger partial charge in [-0.1, -0.05) is 202 Å². The highest BCUT2D eigenvalue weighted by Gasteiger charge is 2.38. The van der Waals surface area contributed by atoms with E-state index in [-0.39, 0.29) is 10.8 Å². The lowest BCUT2D eigenvalue weighted by Crippen LogP contribution is -2.15. The summed E-state index contributed by atoms with van der Waals surface area (Å²) in [5.41, 5.74) is 21.0. The van der Waals surface area contributed by atoms with E-state index < -0.39 is 0 Å². The molecule has 0 heterocycles. The maximum Gasteiger partial charge on any atom is 0.195 e. The number of hydrogen-bond donors (Lipinski definition) is 0. The first-order valence-corrected chi connectivity index (χ1v) is 23.4. The van der Waals surface area contributed by atoms with Crippen LogP contribution in [0.2, 0.25) is 0 Å². The minimum absolute atomic E-state index is 0.0772. The predicted octanol–water partition coefficient (Wildman–Crippen LogP) is 17.2. The summed E-state index contributed by atoms with van der Waals surface area (Å²) >= 11 is 0. The van der Waals surface area contributed by atoms with Crippen molar-refractivity contribution in [2.75, 3.05) is 0 Å². The number of rotatable bonds is 4. The van der Waals surface area contributed by atoms with Crippen molar-refractivity contribution in [3.05, 3.63) is 233 Å². The number of fused-ring (bicyclic) bond motifs is 13. The third-order valence-electron chi connectivity index (χ3n) is 15.8. The molecule has 0 amide bonds. The van der Waals surface area contributed by atoms with Crippen LogP contribution >= 0.6 is 0 Å². The van der Waals surface area contributed by atoms with Gasteiger partial charge in [0.05, 0.1) is 0 Å². The van der Waals surface area contributed by atoms with E-state index in [1.54, 1.807) is 0 Å². The lowest BCUT2D eigenvalue weighted by molar-refractivity contribution is 0.660. The minimum atomic E-state index is -0.216. The SMILES string of the molecule is C=C1c2ccccc2-c2ccc(-c3c4c5ccc6c7c(-c8ccccc8)c8ccccc8c(-c8ccccc8)c7c7ccc(c-4c(-c4ccc8c(c4)C(C)(C)c4ccccc4-8)c3=O)c5c67)cc21. The molecule has 0 aliphatic heterocycles. The average molecular weight is 849 g/mol. The molecule has 67 heavy (non-hydrogen) atoms. The molecule has 0 bridgehead atoms. The largest absolute Gasteiger partial charge is 0.289 e. The van der Waals surface area contributed by atoms with Gasteiger partial charge in [0, 0.05) is 27.7 Å². The van der Waals surface area contributed by atoms with Gasteiger partial charge in [-0.25, -0.2) is 0 Å². The molecule has 11 aromatic carbocycles. The maximum atomic E-state index is 15.9. The van der Waals surface area contributed by atoms with Gasteiger partial charge in [-0.3, -0.25) is 4.79 Å². The maximum absolute atomic E-state index is 15.9. The highest BCUT2D eigenvalue weighted by atomic mass is 16.1. The van der Waals surface area contributed by atoms with Gasteiger partial charge in [0.15, 0.2) is 5.43 Å². The van der Waals surface area contributed by atoms with Crippen LogP contribution in [0.5, 0.6) is 0 Å². The average Bonchev–Trinajstić information content (AvgIpc) is 4.11. The highest BCUT2D eigenvalue weighted by Crippen LogP contribution is 2.59. The van der Waals surface area contributed by atoms with E-state index in [0.717, 1.165) is 60.9 Å². The lowest BCUT2D eigenvalue weighted by Gasteiger charge is -2.22. The van der Waals surface area contributed by atoms with E-state index in [4.69, 9.17) is 0 Å². The molecule has 0 aromatic heterocycles. The molecule has 0 saturated carbocycles. The summed E-state index contributed by atoms with van der Waals surface area (Å²) in [5.74, 6) is 0. The summed E-state index contributed by atoms with van der Waals surface area (Å²) in [5, 5.41) is 12.3. The number of benzene rings is 10. The van der Waals surface area contributed by atoms with Crippen LogP contribution in [0.3, 0.4) is 0 Å². The highest BCUT2D eigenvalue weighted by molar-refractivity contribution is 6.45. The second kappa shape index (κ2) is 12.9. The van der Waals surface area contributed by atoms with Crippen molar-refractivity contribution >= 4 is 59.4 Å². The molecule has 1 nitrogen and oxygen atoms in total. The molecule has 4 aliphatic carbocycles. The fraction of sp³-hybridized carbons (Fsp3) is 0.0455. The Morgan fingerprint density at radius 3 is 1.37 bits per heavy atom. The lowest BCUT2D eigenvalue weighted by atomic mass is 9.81. The summed E-state index contributed by atoms with van der Waals surface area (Å²) in [7, 11) is 0. The molecular formula is C66H40O. The standard InChI is InChI=1S/C66H40O/c1-36-41-20-10-11-21-42(41)43-28-26-39(34-52(36)43)57-63-50-32-30-48-59-49(62-56(38-18-8-5-9-19-38)47-24-13-12-23-46(47)55(61(48)62)37-16-6-4-7-17-37)31-33-51(60(50)59)64(63)58(65(57)67)40-27-29-45-44-22-14-15-25-53(44)66(2,3)54(45)35-40/h4-35H,1H2,2-3H3. The monoisotopic (exact) mass is 848 g/mol. The molecule has 0 fully saturated rings. The Morgan fingerprint density at radius 1 is 0.313 bits per heavy atom.